The SMILES string of the molecule is CC(=O)N1c2ccc(-c3cnc(N4CCCCC4)nc3)cc2[C@H](NC(=O)O)C[C@@H]1C.Cl. The third-order valence-corrected chi connectivity index (χ3v) is 5.93. The van der Waals surface area contributed by atoms with Crippen molar-refractivity contribution >= 4 is 36.0 Å². The number of anilines is 2. The maximum Gasteiger partial charge on any atom is 0.405 e. The van der Waals surface area contributed by atoms with Crippen molar-refractivity contribution in [3.05, 3.63) is 36.2 Å². The Morgan fingerprint density at radius 1 is 1.10 bits per heavy atom. The lowest BCUT2D eigenvalue weighted by Gasteiger charge is -2.39. The monoisotopic (exact) mass is 445 g/mol. The highest BCUT2D eigenvalue weighted by molar-refractivity contribution is 5.94. The largest absolute Gasteiger partial charge is 0.465 e. The molecule has 0 spiro atoms. The van der Waals surface area contributed by atoms with Gasteiger partial charge in [-0.25, -0.2) is 14.8 Å². The lowest BCUT2D eigenvalue weighted by Crippen LogP contribution is -2.45. The molecule has 2 aliphatic rings. The number of benzene rings is 1. The first-order valence-corrected chi connectivity index (χ1v) is 10.4. The highest BCUT2D eigenvalue weighted by atomic mass is 35.5. The quantitative estimate of drug-likeness (QED) is 0.740. The molecule has 0 bridgehead atoms. The van der Waals surface area contributed by atoms with Crippen LogP contribution in [0.1, 0.15) is 51.1 Å². The Morgan fingerprint density at radius 3 is 2.39 bits per heavy atom. The third kappa shape index (κ3) is 4.74. The first-order chi connectivity index (χ1) is 14.4. The summed E-state index contributed by atoms with van der Waals surface area (Å²) in [6.45, 7) is 5.44. The normalized spacial score (nSPS) is 20.5. The van der Waals surface area contributed by atoms with Gasteiger partial charge in [0.1, 0.15) is 0 Å². The maximum absolute atomic E-state index is 12.2. The van der Waals surface area contributed by atoms with Crippen LogP contribution in [0.3, 0.4) is 0 Å². The van der Waals surface area contributed by atoms with Crippen molar-refractivity contribution in [3.8, 4) is 11.1 Å². The molecular formula is C22H28ClN5O3. The number of aromatic nitrogens is 2. The molecule has 1 saturated heterocycles. The average molecular weight is 446 g/mol. The summed E-state index contributed by atoms with van der Waals surface area (Å²) in [5.41, 5.74) is 3.30. The van der Waals surface area contributed by atoms with Gasteiger partial charge in [-0.2, -0.15) is 0 Å². The van der Waals surface area contributed by atoms with Gasteiger partial charge in [-0.1, -0.05) is 6.07 Å². The van der Waals surface area contributed by atoms with Crippen LogP contribution in [0.15, 0.2) is 30.6 Å². The van der Waals surface area contributed by atoms with Crippen LogP contribution < -0.4 is 15.1 Å². The van der Waals surface area contributed by atoms with Crippen molar-refractivity contribution in [3.63, 3.8) is 0 Å². The van der Waals surface area contributed by atoms with E-state index in [-0.39, 0.29) is 30.4 Å². The summed E-state index contributed by atoms with van der Waals surface area (Å²) >= 11 is 0. The minimum atomic E-state index is -1.07. The van der Waals surface area contributed by atoms with E-state index in [0.29, 0.717) is 6.42 Å². The Labute approximate surface area is 188 Å². The molecule has 3 heterocycles. The number of nitrogens with zero attached hydrogens (tertiary/aromatic N) is 4. The van der Waals surface area contributed by atoms with E-state index in [1.165, 1.54) is 26.2 Å². The van der Waals surface area contributed by atoms with E-state index < -0.39 is 6.09 Å². The lowest BCUT2D eigenvalue weighted by molar-refractivity contribution is -0.117. The topological polar surface area (TPSA) is 98.7 Å². The molecule has 2 amide bonds. The Morgan fingerprint density at radius 2 is 1.77 bits per heavy atom. The number of carbonyl (C=O) groups excluding carboxylic acids is 1. The number of halogens is 1. The summed E-state index contributed by atoms with van der Waals surface area (Å²) in [5.74, 6) is 0.693. The van der Waals surface area contributed by atoms with Crippen LogP contribution >= 0.6 is 12.4 Å². The molecular weight excluding hydrogens is 418 g/mol. The van der Waals surface area contributed by atoms with Gasteiger partial charge >= 0.3 is 6.09 Å². The van der Waals surface area contributed by atoms with Crippen molar-refractivity contribution in [2.45, 2.75) is 51.6 Å². The van der Waals surface area contributed by atoms with E-state index in [9.17, 15) is 14.7 Å². The average Bonchev–Trinajstić information content (AvgIpc) is 2.73. The number of amides is 2. The summed E-state index contributed by atoms with van der Waals surface area (Å²) in [4.78, 5) is 36.6. The molecule has 0 aliphatic carbocycles. The van der Waals surface area contributed by atoms with Gasteiger partial charge in [0.25, 0.3) is 0 Å². The minimum Gasteiger partial charge on any atom is -0.465 e. The zero-order valence-electron chi connectivity index (χ0n) is 17.7. The molecule has 2 aromatic rings. The van der Waals surface area contributed by atoms with Crippen LogP contribution in [0.4, 0.5) is 16.4 Å². The first-order valence-electron chi connectivity index (χ1n) is 10.4. The predicted molar refractivity (Wildman–Crippen MR) is 122 cm³/mol. The predicted octanol–water partition coefficient (Wildman–Crippen LogP) is 4.01. The van der Waals surface area contributed by atoms with E-state index in [4.69, 9.17) is 0 Å². The number of piperidine rings is 1. The number of hydrogen-bond donors (Lipinski definition) is 2. The molecule has 1 fully saturated rings. The number of rotatable bonds is 3. The summed E-state index contributed by atoms with van der Waals surface area (Å²) in [5, 5.41) is 11.9. The Kier molecular flexibility index (Phi) is 7.00. The second-order valence-corrected chi connectivity index (χ2v) is 8.07. The molecule has 31 heavy (non-hydrogen) atoms. The van der Waals surface area contributed by atoms with Crippen molar-refractivity contribution in [2.75, 3.05) is 22.9 Å². The number of nitrogens with one attached hydrogen (secondary N) is 1. The summed E-state index contributed by atoms with van der Waals surface area (Å²) in [7, 11) is 0. The van der Waals surface area contributed by atoms with Crippen molar-refractivity contribution in [2.24, 2.45) is 0 Å². The summed E-state index contributed by atoms with van der Waals surface area (Å²) < 4.78 is 0. The van der Waals surface area contributed by atoms with Crippen LogP contribution in [-0.4, -0.2) is 46.2 Å². The van der Waals surface area contributed by atoms with E-state index in [0.717, 1.165) is 41.4 Å². The van der Waals surface area contributed by atoms with Gasteiger partial charge in [0.15, 0.2) is 0 Å². The molecule has 166 valence electrons. The van der Waals surface area contributed by atoms with E-state index in [2.05, 4.69) is 20.2 Å². The van der Waals surface area contributed by atoms with Gasteiger partial charge in [-0.3, -0.25) is 4.79 Å². The van der Waals surface area contributed by atoms with Gasteiger partial charge in [-0.05, 0) is 55.9 Å². The standard InChI is InChI=1S/C22H27N5O3.ClH/c1-14-10-19(25-22(29)30)18-11-16(6-7-20(18)27(14)15(2)28)17-12-23-21(24-13-17)26-8-4-3-5-9-26;/h6-7,11-14,19,25H,3-5,8-10H2,1-2H3,(H,29,30);1H/t14-,19+;/m0./s1. The molecule has 0 saturated carbocycles. The maximum atomic E-state index is 12.2. The molecule has 0 unspecified atom stereocenters. The third-order valence-electron chi connectivity index (χ3n) is 5.93. The molecule has 2 N–H and O–H groups in total. The van der Waals surface area contributed by atoms with Crippen molar-refractivity contribution in [1.29, 1.82) is 0 Å². The molecule has 1 aromatic heterocycles. The molecule has 2 atom stereocenters. The number of fused-ring (bicyclic) bond motifs is 1. The molecule has 8 nitrogen and oxygen atoms in total. The number of carboxylic acid groups (broad SMARTS) is 1. The van der Waals surface area contributed by atoms with Crippen LogP contribution in [0.2, 0.25) is 0 Å². The van der Waals surface area contributed by atoms with Crippen LogP contribution in [-0.2, 0) is 4.79 Å². The first kappa shape index (κ1) is 22.8. The fraction of sp³-hybridized carbons (Fsp3) is 0.455. The molecule has 2 aliphatic heterocycles. The van der Waals surface area contributed by atoms with Crippen LogP contribution in [0, 0.1) is 0 Å². The highest BCUT2D eigenvalue weighted by Gasteiger charge is 2.33. The van der Waals surface area contributed by atoms with Gasteiger partial charge in [-0.15, -0.1) is 12.4 Å². The van der Waals surface area contributed by atoms with Gasteiger partial charge in [0.2, 0.25) is 11.9 Å². The van der Waals surface area contributed by atoms with E-state index in [1.54, 1.807) is 4.90 Å². The minimum absolute atomic E-state index is 0. The number of carbonyl (C=O) groups is 2. The van der Waals surface area contributed by atoms with Crippen molar-refractivity contribution < 1.29 is 14.7 Å². The highest BCUT2D eigenvalue weighted by Crippen LogP contribution is 2.39. The summed E-state index contributed by atoms with van der Waals surface area (Å²) in [6.07, 6.45) is 6.66. The zero-order chi connectivity index (χ0) is 21.3. The molecule has 0 radical (unpaired) electrons. The molecule has 9 heteroatoms. The smallest absolute Gasteiger partial charge is 0.405 e. The van der Waals surface area contributed by atoms with Crippen LogP contribution in [0.25, 0.3) is 11.1 Å². The van der Waals surface area contributed by atoms with Gasteiger partial charge in [0, 0.05) is 49.7 Å². The fourth-order valence-electron chi connectivity index (χ4n) is 4.54. The van der Waals surface area contributed by atoms with E-state index in [1.807, 2.05) is 37.5 Å². The fourth-order valence-corrected chi connectivity index (χ4v) is 4.54. The Hall–Kier alpha value is -2.87. The Bertz CT molecular complexity index is 947. The Balaban J connectivity index is 0.00000272. The van der Waals surface area contributed by atoms with E-state index >= 15 is 0 Å². The second-order valence-electron chi connectivity index (χ2n) is 8.07. The van der Waals surface area contributed by atoms with Gasteiger partial charge in [0.05, 0.1) is 6.04 Å². The summed E-state index contributed by atoms with van der Waals surface area (Å²) in [6, 6.07) is 5.29. The lowest BCUT2D eigenvalue weighted by atomic mass is 9.89. The molecule has 4 rings (SSSR count). The second kappa shape index (κ2) is 9.51. The van der Waals surface area contributed by atoms with Gasteiger partial charge < -0.3 is 20.2 Å². The van der Waals surface area contributed by atoms with Crippen LogP contribution in [0.5, 0.6) is 0 Å². The van der Waals surface area contributed by atoms with Crippen molar-refractivity contribution in [1.82, 2.24) is 15.3 Å². The number of hydrogen-bond acceptors (Lipinski definition) is 5. The molecule has 1 aromatic carbocycles. The zero-order valence-corrected chi connectivity index (χ0v) is 18.6.